The average molecular weight is 292 g/mol. The number of nitrogens with zero attached hydrogens (tertiary/aromatic N) is 1. The molecule has 0 aromatic heterocycles. The van der Waals surface area contributed by atoms with Crippen LogP contribution in [0.15, 0.2) is 24.3 Å². The molecule has 0 aliphatic heterocycles. The minimum absolute atomic E-state index is 0.00641. The molecule has 0 saturated heterocycles. The van der Waals surface area contributed by atoms with Crippen LogP contribution in [0, 0.1) is 11.2 Å². The first-order valence-electron chi connectivity index (χ1n) is 8.09. The predicted octanol–water partition coefficient (Wildman–Crippen LogP) is 4.12. The molecule has 2 rings (SSSR count). The fourth-order valence-electron chi connectivity index (χ4n) is 3.23. The maximum atomic E-state index is 12.9. The first-order chi connectivity index (χ1) is 9.87. The highest BCUT2D eigenvalue weighted by Gasteiger charge is 2.28. The van der Waals surface area contributed by atoms with Gasteiger partial charge in [0.1, 0.15) is 5.82 Å². The molecule has 0 spiro atoms. The Morgan fingerprint density at radius 1 is 1.24 bits per heavy atom. The second kappa shape index (κ2) is 6.89. The van der Waals surface area contributed by atoms with Crippen LogP contribution in [0.1, 0.15) is 57.6 Å². The van der Waals surface area contributed by atoms with Crippen LogP contribution in [0.3, 0.4) is 0 Å². The summed E-state index contributed by atoms with van der Waals surface area (Å²) in [7, 11) is 2.21. The fraction of sp³-hybridized carbons (Fsp3) is 0.667. The second-order valence-corrected chi connectivity index (χ2v) is 7.32. The van der Waals surface area contributed by atoms with Gasteiger partial charge in [-0.05, 0) is 68.8 Å². The van der Waals surface area contributed by atoms with Crippen molar-refractivity contribution in [2.75, 3.05) is 13.6 Å². The number of hydrogen-bond acceptors (Lipinski definition) is 2. The number of nitrogens with two attached hydrogens (primary N) is 1. The van der Waals surface area contributed by atoms with E-state index in [-0.39, 0.29) is 11.9 Å². The zero-order valence-corrected chi connectivity index (χ0v) is 13.6. The molecule has 1 aromatic rings. The van der Waals surface area contributed by atoms with Gasteiger partial charge in [-0.3, -0.25) is 0 Å². The van der Waals surface area contributed by atoms with E-state index >= 15 is 0 Å². The minimum atomic E-state index is -0.201. The van der Waals surface area contributed by atoms with Crippen LogP contribution in [0.2, 0.25) is 0 Å². The van der Waals surface area contributed by atoms with E-state index in [2.05, 4.69) is 25.8 Å². The molecular formula is C18H29FN2. The smallest absolute Gasteiger partial charge is 0.123 e. The topological polar surface area (TPSA) is 29.3 Å². The third kappa shape index (κ3) is 4.79. The number of hydrogen-bond donors (Lipinski definition) is 1. The molecule has 0 heterocycles. The van der Waals surface area contributed by atoms with Gasteiger partial charge in [-0.2, -0.15) is 0 Å². The van der Waals surface area contributed by atoms with Crippen LogP contribution < -0.4 is 5.73 Å². The van der Waals surface area contributed by atoms with Gasteiger partial charge in [0.15, 0.2) is 0 Å². The summed E-state index contributed by atoms with van der Waals surface area (Å²) in [5.74, 6) is -0.201. The Hall–Kier alpha value is -0.930. The number of rotatable bonds is 5. The summed E-state index contributed by atoms with van der Waals surface area (Å²) in [6.07, 6.45) is 6.12. The zero-order valence-electron chi connectivity index (χ0n) is 13.6. The third-order valence-electron chi connectivity index (χ3n) is 5.02. The summed E-state index contributed by atoms with van der Waals surface area (Å²) >= 11 is 0. The molecule has 1 aliphatic rings. The molecular weight excluding hydrogens is 263 g/mol. The van der Waals surface area contributed by atoms with Crippen LogP contribution in [0.5, 0.6) is 0 Å². The van der Waals surface area contributed by atoms with Crippen molar-refractivity contribution in [3.05, 3.63) is 35.6 Å². The summed E-state index contributed by atoms with van der Waals surface area (Å²) in [6.45, 7) is 5.74. The zero-order chi connectivity index (χ0) is 15.5. The highest BCUT2D eigenvalue weighted by Crippen LogP contribution is 2.36. The van der Waals surface area contributed by atoms with E-state index in [1.54, 1.807) is 12.1 Å². The van der Waals surface area contributed by atoms with Crippen LogP contribution in [-0.4, -0.2) is 24.5 Å². The van der Waals surface area contributed by atoms with E-state index in [1.165, 1.54) is 37.8 Å². The SMILES string of the molecule is CN(CCC(N)c1ccc(F)cc1)C1CCC(C)(C)CC1. The van der Waals surface area contributed by atoms with Crippen molar-refractivity contribution >= 4 is 0 Å². The van der Waals surface area contributed by atoms with Gasteiger partial charge < -0.3 is 10.6 Å². The summed E-state index contributed by atoms with van der Waals surface area (Å²) < 4.78 is 12.9. The van der Waals surface area contributed by atoms with E-state index in [0.717, 1.165) is 18.5 Å². The Labute approximate surface area is 128 Å². The highest BCUT2D eigenvalue weighted by atomic mass is 19.1. The van der Waals surface area contributed by atoms with Gasteiger partial charge in [0.2, 0.25) is 0 Å². The Morgan fingerprint density at radius 2 is 1.81 bits per heavy atom. The van der Waals surface area contributed by atoms with E-state index < -0.39 is 0 Å². The standard InChI is InChI=1S/C18H29FN2/c1-18(2)11-8-16(9-12-18)21(3)13-10-17(20)14-4-6-15(19)7-5-14/h4-7,16-17H,8-13,20H2,1-3H3. The molecule has 0 amide bonds. The fourth-order valence-corrected chi connectivity index (χ4v) is 3.23. The molecule has 3 heteroatoms. The molecule has 118 valence electrons. The lowest BCUT2D eigenvalue weighted by atomic mass is 9.75. The molecule has 1 atom stereocenters. The Kier molecular flexibility index (Phi) is 5.39. The van der Waals surface area contributed by atoms with Gasteiger partial charge in [0, 0.05) is 12.1 Å². The Balaban J connectivity index is 1.78. The quantitative estimate of drug-likeness (QED) is 0.884. The minimum Gasteiger partial charge on any atom is -0.324 e. The molecule has 0 bridgehead atoms. The van der Waals surface area contributed by atoms with Gasteiger partial charge >= 0.3 is 0 Å². The first kappa shape index (κ1) is 16.4. The molecule has 21 heavy (non-hydrogen) atoms. The normalized spacial score (nSPS) is 20.7. The molecule has 1 fully saturated rings. The molecule has 2 nitrogen and oxygen atoms in total. The molecule has 1 aromatic carbocycles. The van der Waals surface area contributed by atoms with Crippen molar-refractivity contribution in [2.24, 2.45) is 11.1 Å². The molecule has 1 aliphatic carbocycles. The van der Waals surface area contributed by atoms with Gasteiger partial charge in [-0.15, -0.1) is 0 Å². The van der Waals surface area contributed by atoms with E-state index in [1.807, 2.05) is 0 Å². The van der Waals surface area contributed by atoms with E-state index in [4.69, 9.17) is 5.73 Å². The number of benzene rings is 1. The van der Waals surface area contributed by atoms with Crippen LogP contribution in [-0.2, 0) is 0 Å². The molecule has 1 unspecified atom stereocenters. The Bertz CT molecular complexity index is 431. The van der Waals surface area contributed by atoms with Crippen molar-refractivity contribution in [3.8, 4) is 0 Å². The summed E-state index contributed by atoms with van der Waals surface area (Å²) in [4.78, 5) is 2.46. The van der Waals surface area contributed by atoms with Crippen molar-refractivity contribution < 1.29 is 4.39 Å². The predicted molar refractivity (Wildman–Crippen MR) is 86.6 cm³/mol. The lowest BCUT2D eigenvalue weighted by Gasteiger charge is -2.39. The lowest BCUT2D eigenvalue weighted by molar-refractivity contribution is 0.125. The molecule has 0 radical (unpaired) electrons. The maximum Gasteiger partial charge on any atom is 0.123 e. The van der Waals surface area contributed by atoms with Crippen LogP contribution >= 0.6 is 0 Å². The Morgan fingerprint density at radius 3 is 2.38 bits per heavy atom. The van der Waals surface area contributed by atoms with Crippen molar-refractivity contribution in [1.29, 1.82) is 0 Å². The largest absolute Gasteiger partial charge is 0.324 e. The maximum absolute atomic E-state index is 12.9. The summed E-state index contributed by atoms with van der Waals surface area (Å²) in [5, 5.41) is 0. The van der Waals surface area contributed by atoms with Crippen LogP contribution in [0.4, 0.5) is 4.39 Å². The number of halogens is 1. The van der Waals surface area contributed by atoms with Crippen molar-refractivity contribution in [3.63, 3.8) is 0 Å². The highest BCUT2D eigenvalue weighted by molar-refractivity contribution is 5.19. The third-order valence-corrected chi connectivity index (χ3v) is 5.02. The lowest BCUT2D eigenvalue weighted by Crippen LogP contribution is -2.38. The van der Waals surface area contributed by atoms with Crippen molar-refractivity contribution in [2.45, 2.75) is 58.0 Å². The average Bonchev–Trinajstić information content (AvgIpc) is 2.45. The van der Waals surface area contributed by atoms with Crippen molar-refractivity contribution in [1.82, 2.24) is 4.90 Å². The van der Waals surface area contributed by atoms with Crippen LogP contribution in [0.25, 0.3) is 0 Å². The first-order valence-corrected chi connectivity index (χ1v) is 8.09. The summed E-state index contributed by atoms with van der Waals surface area (Å²) in [6, 6.07) is 7.25. The van der Waals surface area contributed by atoms with E-state index in [9.17, 15) is 4.39 Å². The van der Waals surface area contributed by atoms with Gasteiger partial charge in [-0.25, -0.2) is 4.39 Å². The monoisotopic (exact) mass is 292 g/mol. The summed E-state index contributed by atoms with van der Waals surface area (Å²) in [5.41, 5.74) is 7.76. The second-order valence-electron chi connectivity index (χ2n) is 7.32. The molecule has 2 N–H and O–H groups in total. The van der Waals surface area contributed by atoms with Gasteiger partial charge in [0.05, 0.1) is 0 Å². The van der Waals surface area contributed by atoms with E-state index in [0.29, 0.717) is 11.5 Å². The van der Waals surface area contributed by atoms with Gasteiger partial charge in [0.25, 0.3) is 0 Å². The van der Waals surface area contributed by atoms with Gasteiger partial charge in [-0.1, -0.05) is 26.0 Å². The molecule has 1 saturated carbocycles.